The minimum atomic E-state index is -0.290. The van der Waals surface area contributed by atoms with Crippen LogP contribution in [0.25, 0.3) is 0 Å². The summed E-state index contributed by atoms with van der Waals surface area (Å²) in [4.78, 5) is 12.2. The first kappa shape index (κ1) is 14.2. The third-order valence-corrected chi connectivity index (χ3v) is 3.11. The van der Waals surface area contributed by atoms with Crippen LogP contribution < -0.4 is 15.8 Å². The number of hydrogen-bond donors (Lipinski definition) is 2. The fourth-order valence-electron chi connectivity index (χ4n) is 1.79. The van der Waals surface area contributed by atoms with E-state index in [1.165, 1.54) is 7.11 Å². The van der Waals surface area contributed by atoms with E-state index in [0.717, 1.165) is 5.56 Å². The Balaban J connectivity index is 2.26. The predicted molar refractivity (Wildman–Crippen MR) is 81.5 cm³/mol. The van der Waals surface area contributed by atoms with Crippen LogP contribution in [-0.2, 0) is 0 Å². The molecule has 0 bridgehead atoms. The molecule has 1 amide bonds. The van der Waals surface area contributed by atoms with Crippen LogP contribution in [0.3, 0.4) is 0 Å². The number of nitrogens with one attached hydrogen (secondary N) is 1. The van der Waals surface area contributed by atoms with Crippen LogP contribution in [0, 0.1) is 6.92 Å². The maximum Gasteiger partial charge on any atom is 0.255 e. The molecule has 0 heterocycles. The topological polar surface area (TPSA) is 64.3 Å². The number of methoxy groups -OCH3 is 1. The van der Waals surface area contributed by atoms with Gasteiger partial charge in [0.1, 0.15) is 5.75 Å². The molecular weight excluding hydrogens is 276 g/mol. The number of carbonyl (C=O) groups excluding carboxylic acids is 1. The second-order valence-corrected chi connectivity index (χ2v) is 4.84. The van der Waals surface area contributed by atoms with Crippen LogP contribution in [0.2, 0.25) is 5.02 Å². The quantitative estimate of drug-likeness (QED) is 0.851. The van der Waals surface area contributed by atoms with E-state index in [1.807, 2.05) is 13.0 Å². The lowest BCUT2D eigenvalue weighted by atomic mass is 10.1. The zero-order valence-electron chi connectivity index (χ0n) is 11.2. The van der Waals surface area contributed by atoms with Crippen LogP contribution in [-0.4, -0.2) is 13.0 Å². The smallest absolute Gasteiger partial charge is 0.255 e. The van der Waals surface area contributed by atoms with E-state index in [9.17, 15) is 4.79 Å². The summed E-state index contributed by atoms with van der Waals surface area (Å²) in [6, 6.07) is 10.3. The Morgan fingerprint density at radius 2 is 2.00 bits per heavy atom. The highest BCUT2D eigenvalue weighted by Gasteiger charge is 2.10. The molecule has 0 spiro atoms. The maximum absolute atomic E-state index is 12.2. The van der Waals surface area contributed by atoms with Gasteiger partial charge in [0.15, 0.2) is 0 Å². The lowest BCUT2D eigenvalue weighted by Gasteiger charge is -2.09. The number of ether oxygens (including phenoxy) is 1. The fraction of sp³-hybridized carbons (Fsp3) is 0.133. The van der Waals surface area contributed by atoms with Gasteiger partial charge in [-0.15, -0.1) is 0 Å². The van der Waals surface area contributed by atoms with Crippen LogP contribution in [0.4, 0.5) is 11.4 Å². The molecule has 0 radical (unpaired) electrons. The molecular formula is C15H15ClN2O2. The Morgan fingerprint density at radius 1 is 1.25 bits per heavy atom. The molecule has 0 aliphatic carbocycles. The van der Waals surface area contributed by atoms with Gasteiger partial charge < -0.3 is 15.8 Å². The largest absolute Gasteiger partial charge is 0.497 e. The van der Waals surface area contributed by atoms with Crippen molar-refractivity contribution in [3.63, 3.8) is 0 Å². The van der Waals surface area contributed by atoms with E-state index in [4.69, 9.17) is 22.1 Å². The Labute approximate surface area is 122 Å². The third kappa shape index (κ3) is 3.22. The highest BCUT2D eigenvalue weighted by atomic mass is 35.5. The molecule has 0 fully saturated rings. The predicted octanol–water partition coefficient (Wildman–Crippen LogP) is 3.49. The van der Waals surface area contributed by atoms with E-state index >= 15 is 0 Å². The van der Waals surface area contributed by atoms with Crippen molar-refractivity contribution in [2.24, 2.45) is 0 Å². The van der Waals surface area contributed by atoms with Gasteiger partial charge in [-0.25, -0.2) is 0 Å². The van der Waals surface area contributed by atoms with Crippen molar-refractivity contribution >= 4 is 28.9 Å². The van der Waals surface area contributed by atoms with Gasteiger partial charge in [0, 0.05) is 17.3 Å². The number of carbonyl (C=O) groups is 1. The average Bonchev–Trinajstić information content (AvgIpc) is 2.41. The van der Waals surface area contributed by atoms with Gasteiger partial charge >= 0.3 is 0 Å². The Hall–Kier alpha value is -2.20. The van der Waals surface area contributed by atoms with E-state index in [0.29, 0.717) is 27.7 Å². The molecule has 0 unspecified atom stereocenters. The van der Waals surface area contributed by atoms with Gasteiger partial charge in [-0.3, -0.25) is 4.79 Å². The van der Waals surface area contributed by atoms with Gasteiger partial charge in [0.2, 0.25) is 0 Å². The molecule has 0 atom stereocenters. The second kappa shape index (κ2) is 5.84. The molecule has 20 heavy (non-hydrogen) atoms. The summed E-state index contributed by atoms with van der Waals surface area (Å²) >= 11 is 6.09. The zero-order valence-corrected chi connectivity index (χ0v) is 12.0. The van der Waals surface area contributed by atoms with Gasteiger partial charge in [0.05, 0.1) is 17.8 Å². The van der Waals surface area contributed by atoms with E-state index in [1.54, 1.807) is 30.3 Å². The molecule has 0 saturated carbocycles. The van der Waals surface area contributed by atoms with E-state index < -0.39 is 0 Å². The number of nitrogen functional groups attached to an aromatic ring is 1. The summed E-state index contributed by atoms with van der Waals surface area (Å²) in [6.45, 7) is 1.93. The molecule has 2 aromatic carbocycles. The standard InChI is InChI=1S/C15H15ClN2O2/c1-9-3-4-14(13(16)5-9)18-15(19)10-6-11(17)8-12(7-10)20-2/h3-8H,17H2,1-2H3,(H,18,19). The number of anilines is 2. The maximum atomic E-state index is 12.2. The molecule has 4 nitrogen and oxygen atoms in total. The van der Waals surface area contributed by atoms with Gasteiger partial charge in [-0.1, -0.05) is 17.7 Å². The van der Waals surface area contributed by atoms with Crippen molar-refractivity contribution in [1.29, 1.82) is 0 Å². The molecule has 0 aliphatic heterocycles. The summed E-state index contributed by atoms with van der Waals surface area (Å²) in [7, 11) is 1.52. The summed E-state index contributed by atoms with van der Waals surface area (Å²) in [6.07, 6.45) is 0. The normalized spacial score (nSPS) is 10.2. The highest BCUT2D eigenvalue weighted by Crippen LogP contribution is 2.24. The first-order valence-corrected chi connectivity index (χ1v) is 6.39. The number of benzene rings is 2. The average molecular weight is 291 g/mol. The Kier molecular flexibility index (Phi) is 4.15. The Morgan fingerprint density at radius 3 is 2.65 bits per heavy atom. The summed E-state index contributed by atoms with van der Waals surface area (Å²) in [5.41, 5.74) is 8.19. The first-order valence-electron chi connectivity index (χ1n) is 6.01. The Bertz CT molecular complexity index is 656. The van der Waals surface area contributed by atoms with Crippen molar-refractivity contribution in [2.45, 2.75) is 6.92 Å². The molecule has 3 N–H and O–H groups in total. The third-order valence-electron chi connectivity index (χ3n) is 2.80. The van der Waals surface area contributed by atoms with Crippen molar-refractivity contribution in [3.8, 4) is 5.75 Å². The van der Waals surface area contributed by atoms with E-state index in [-0.39, 0.29) is 5.91 Å². The van der Waals surface area contributed by atoms with Crippen molar-refractivity contribution in [3.05, 3.63) is 52.5 Å². The lowest BCUT2D eigenvalue weighted by Crippen LogP contribution is -2.12. The van der Waals surface area contributed by atoms with Crippen LogP contribution >= 0.6 is 11.6 Å². The second-order valence-electron chi connectivity index (χ2n) is 4.43. The fourth-order valence-corrected chi connectivity index (χ4v) is 2.07. The molecule has 5 heteroatoms. The SMILES string of the molecule is COc1cc(N)cc(C(=O)Nc2ccc(C)cc2Cl)c1. The summed E-state index contributed by atoms with van der Waals surface area (Å²) in [5, 5.41) is 3.24. The summed E-state index contributed by atoms with van der Waals surface area (Å²) < 4.78 is 5.09. The van der Waals surface area contributed by atoms with Gasteiger partial charge in [-0.2, -0.15) is 0 Å². The van der Waals surface area contributed by atoms with Crippen LogP contribution in [0.1, 0.15) is 15.9 Å². The van der Waals surface area contributed by atoms with Gasteiger partial charge in [0.25, 0.3) is 5.91 Å². The van der Waals surface area contributed by atoms with Crippen molar-refractivity contribution in [2.75, 3.05) is 18.2 Å². The minimum Gasteiger partial charge on any atom is -0.497 e. The highest BCUT2D eigenvalue weighted by molar-refractivity contribution is 6.34. The number of aryl methyl sites for hydroxylation is 1. The number of hydrogen-bond acceptors (Lipinski definition) is 3. The van der Waals surface area contributed by atoms with Crippen molar-refractivity contribution < 1.29 is 9.53 Å². The molecule has 2 rings (SSSR count). The van der Waals surface area contributed by atoms with E-state index in [2.05, 4.69) is 5.32 Å². The number of halogens is 1. The zero-order chi connectivity index (χ0) is 14.7. The van der Waals surface area contributed by atoms with Crippen LogP contribution in [0.5, 0.6) is 5.75 Å². The van der Waals surface area contributed by atoms with Crippen molar-refractivity contribution in [1.82, 2.24) is 0 Å². The van der Waals surface area contributed by atoms with Gasteiger partial charge in [-0.05, 0) is 36.8 Å². The number of rotatable bonds is 3. The first-order chi connectivity index (χ1) is 9.49. The number of nitrogens with two attached hydrogens (primary N) is 1. The molecule has 2 aromatic rings. The van der Waals surface area contributed by atoms with Crippen LogP contribution in [0.15, 0.2) is 36.4 Å². The monoisotopic (exact) mass is 290 g/mol. The molecule has 104 valence electrons. The molecule has 0 saturated heterocycles. The molecule has 0 aromatic heterocycles. The lowest BCUT2D eigenvalue weighted by molar-refractivity contribution is 0.102. The minimum absolute atomic E-state index is 0.290. The number of amides is 1. The summed E-state index contributed by atoms with van der Waals surface area (Å²) in [5.74, 6) is 0.242. The molecule has 0 aliphatic rings.